The number of ether oxygens (including phenoxy) is 1. The highest BCUT2D eigenvalue weighted by atomic mass is 127. The van der Waals surface area contributed by atoms with Crippen LogP contribution in [0.5, 0.6) is 0 Å². The number of halogens is 1. The van der Waals surface area contributed by atoms with E-state index < -0.39 is 0 Å². The van der Waals surface area contributed by atoms with Crippen molar-refractivity contribution in [1.29, 1.82) is 0 Å². The highest BCUT2D eigenvalue weighted by Crippen LogP contribution is 2.21. The Morgan fingerprint density at radius 1 is 1.05 bits per heavy atom. The highest BCUT2D eigenvalue weighted by Gasteiger charge is 1.96. The van der Waals surface area contributed by atoms with Gasteiger partial charge in [0.05, 0.1) is 33.0 Å². The van der Waals surface area contributed by atoms with Gasteiger partial charge in [0.15, 0.2) is 0 Å². The van der Waals surface area contributed by atoms with E-state index in [9.17, 15) is 4.79 Å². The molecular formula is C15H18IO3P. The number of hydrogen-bond donors (Lipinski definition) is 0. The Morgan fingerprint density at radius 2 is 1.65 bits per heavy atom. The normalized spacial score (nSPS) is 8.90. The second-order valence-corrected chi connectivity index (χ2v) is 5.28. The molecule has 5 heteroatoms. The zero-order chi connectivity index (χ0) is 14.9. The van der Waals surface area contributed by atoms with E-state index in [2.05, 4.69) is 62.3 Å². The number of unbranched alkanes of at least 4 members (excludes halogenated alkanes) is 1. The first-order valence-electron chi connectivity index (χ1n) is 6.22. The summed E-state index contributed by atoms with van der Waals surface area (Å²) in [5, 5.41) is 0. The van der Waals surface area contributed by atoms with E-state index in [-0.39, 0.29) is 5.97 Å². The van der Waals surface area contributed by atoms with Crippen LogP contribution in [0.2, 0.25) is 0 Å². The van der Waals surface area contributed by atoms with Crippen LogP contribution in [0.25, 0.3) is 0 Å². The second kappa shape index (κ2) is 16.3. The van der Waals surface area contributed by atoms with Gasteiger partial charge < -0.3 is 9.26 Å². The van der Waals surface area contributed by atoms with Crippen molar-refractivity contribution in [2.45, 2.75) is 38.5 Å². The van der Waals surface area contributed by atoms with Gasteiger partial charge in [0.2, 0.25) is 0 Å². The molecule has 0 fully saturated rings. The fourth-order valence-corrected chi connectivity index (χ4v) is 1.92. The second-order valence-electron chi connectivity index (χ2n) is 3.52. The van der Waals surface area contributed by atoms with E-state index in [0.29, 0.717) is 38.7 Å². The zero-order valence-electron chi connectivity index (χ0n) is 11.6. The van der Waals surface area contributed by atoms with Gasteiger partial charge in [-0.2, -0.15) is 0 Å². The van der Waals surface area contributed by atoms with Crippen LogP contribution in [0, 0.1) is 35.5 Å². The molecule has 0 aliphatic carbocycles. The van der Waals surface area contributed by atoms with Crippen molar-refractivity contribution in [2.24, 2.45) is 0 Å². The van der Waals surface area contributed by atoms with Gasteiger partial charge in [-0.1, -0.05) is 29.6 Å². The molecule has 0 aliphatic heterocycles. The Balaban J connectivity index is 3.51. The maximum atomic E-state index is 10.8. The molecule has 0 aliphatic rings. The predicted octanol–water partition coefficient (Wildman–Crippen LogP) is 3.47. The fraction of sp³-hybridized carbons (Fsp3) is 0.533. The minimum atomic E-state index is -0.186. The lowest BCUT2D eigenvalue weighted by Crippen LogP contribution is -1.98. The van der Waals surface area contributed by atoms with Crippen molar-refractivity contribution in [2.75, 3.05) is 13.7 Å². The van der Waals surface area contributed by atoms with E-state index in [1.54, 1.807) is 0 Å². The topological polar surface area (TPSA) is 35.5 Å². The molecule has 1 unspecified atom stereocenters. The first kappa shape index (κ1) is 19.3. The van der Waals surface area contributed by atoms with Crippen molar-refractivity contribution in [3.63, 3.8) is 0 Å². The van der Waals surface area contributed by atoms with Gasteiger partial charge in [-0.05, 0) is 28.5 Å². The molecule has 3 nitrogen and oxygen atoms in total. The van der Waals surface area contributed by atoms with Crippen molar-refractivity contribution >= 4 is 34.5 Å². The molecule has 108 valence electrons. The molecule has 0 aromatic rings. The summed E-state index contributed by atoms with van der Waals surface area (Å²) in [5.41, 5.74) is 0. The maximum absolute atomic E-state index is 10.8. The molecular weight excluding hydrogens is 386 g/mol. The summed E-state index contributed by atoms with van der Waals surface area (Å²) < 4.78 is 9.71. The first-order valence-corrected chi connectivity index (χ1v) is 10.2. The van der Waals surface area contributed by atoms with E-state index in [4.69, 9.17) is 4.52 Å². The van der Waals surface area contributed by atoms with Crippen LogP contribution in [-0.2, 0) is 14.1 Å². The highest BCUT2D eigenvalue weighted by molar-refractivity contribution is 14.2. The van der Waals surface area contributed by atoms with Crippen LogP contribution >= 0.6 is 28.5 Å². The number of carbonyl (C=O) groups is 1. The van der Waals surface area contributed by atoms with Gasteiger partial charge in [-0.15, -0.1) is 5.92 Å². The van der Waals surface area contributed by atoms with Gasteiger partial charge in [-0.3, -0.25) is 4.79 Å². The molecule has 0 saturated carbocycles. The van der Waals surface area contributed by atoms with Crippen LogP contribution in [-0.4, -0.2) is 19.7 Å². The van der Waals surface area contributed by atoms with E-state index >= 15 is 0 Å². The van der Waals surface area contributed by atoms with Gasteiger partial charge in [0.1, 0.15) is 0 Å². The van der Waals surface area contributed by atoms with Crippen LogP contribution in [0.4, 0.5) is 0 Å². The average Bonchev–Trinajstić information content (AvgIpc) is 2.47. The summed E-state index contributed by atoms with van der Waals surface area (Å²) in [4.78, 5) is 10.8. The molecule has 0 bridgehead atoms. The third kappa shape index (κ3) is 15.3. The Bertz CT molecular complexity index is 443. The van der Waals surface area contributed by atoms with Crippen LogP contribution in [0.15, 0.2) is 0 Å². The van der Waals surface area contributed by atoms with E-state index in [1.807, 2.05) is 0 Å². The molecule has 0 N–H and O–H groups in total. The quantitative estimate of drug-likeness (QED) is 0.224. The molecule has 0 aromatic heterocycles. The standard InChI is InChI=1S/C15H18IO3P/c1-18-15(17)13-11-9-7-5-3-2-4-6-8-10-12-14-19-20-16/h20H,3,6,9,11-14H2,1H3. The smallest absolute Gasteiger partial charge is 0.305 e. The summed E-state index contributed by atoms with van der Waals surface area (Å²) in [5.74, 6) is 17.6. The molecule has 0 amide bonds. The number of carbonyl (C=O) groups excluding carboxylic acids is 1. The SMILES string of the molecule is COC(=O)CCCC#CCC#CCC#CCCOPI. The van der Waals surface area contributed by atoms with Gasteiger partial charge in [0.25, 0.3) is 0 Å². The number of esters is 1. The number of methoxy groups -OCH3 is 1. The molecule has 0 rings (SSSR count). The summed E-state index contributed by atoms with van der Waals surface area (Å²) in [6.07, 6.45) is 3.76. The Kier molecular flexibility index (Phi) is 15.7. The molecule has 0 aromatic carbocycles. The number of hydrogen-bond acceptors (Lipinski definition) is 3. The summed E-state index contributed by atoms with van der Waals surface area (Å²) >= 11 is 2.19. The van der Waals surface area contributed by atoms with Gasteiger partial charge >= 0.3 is 5.97 Å². The molecule has 0 saturated heterocycles. The van der Waals surface area contributed by atoms with Crippen molar-refractivity contribution in [3.8, 4) is 35.5 Å². The molecule has 20 heavy (non-hydrogen) atoms. The van der Waals surface area contributed by atoms with Gasteiger partial charge in [-0.25, -0.2) is 0 Å². The molecule has 0 spiro atoms. The lowest BCUT2D eigenvalue weighted by Gasteiger charge is -1.93. The predicted molar refractivity (Wildman–Crippen MR) is 91.3 cm³/mol. The average molecular weight is 404 g/mol. The largest absolute Gasteiger partial charge is 0.469 e. The summed E-state index contributed by atoms with van der Waals surface area (Å²) in [6, 6.07) is 0. The zero-order valence-corrected chi connectivity index (χ0v) is 14.7. The van der Waals surface area contributed by atoms with Crippen LogP contribution in [0.3, 0.4) is 0 Å². The van der Waals surface area contributed by atoms with Gasteiger partial charge in [0, 0.05) is 19.3 Å². The van der Waals surface area contributed by atoms with Crippen molar-refractivity contribution < 1.29 is 14.1 Å². The molecule has 1 atom stereocenters. The van der Waals surface area contributed by atoms with Crippen molar-refractivity contribution in [1.82, 2.24) is 0 Å². The lowest BCUT2D eigenvalue weighted by molar-refractivity contribution is -0.140. The first-order chi connectivity index (χ1) is 9.81. The Morgan fingerprint density at radius 3 is 2.25 bits per heavy atom. The van der Waals surface area contributed by atoms with Crippen LogP contribution in [0.1, 0.15) is 38.5 Å². The number of rotatable bonds is 6. The third-order valence-electron chi connectivity index (χ3n) is 2.02. The lowest BCUT2D eigenvalue weighted by atomic mass is 10.2. The third-order valence-corrected chi connectivity index (χ3v) is 3.27. The molecule has 0 radical (unpaired) electrons. The Labute approximate surface area is 136 Å². The summed E-state index contributed by atoms with van der Waals surface area (Å²) in [6.45, 7) is 1.19. The van der Waals surface area contributed by atoms with Crippen molar-refractivity contribution in [3.05, 3.63) is 0 Å². The maximum Gasteiger partial charge on any atom is 0.305 e. The minimum Gasteiger partial charge on any atom is -0.469 e. The Hall–Kier alpha value is -0.730. The molecule has 0 heterocycles. The summed E-state index contributed by atoms with van der Waals surface area (Å²) in [7, 11) is 1.39. The van der Waals surface area contributed by atoms with Crippen LogP contribution < -0.4 is 0 Å². The monoisotopic (exact) mass is 404 g/mol. The van der Waals surface area contributed by atoms with E-state index in [0.717, 1.165) is 12.8 Å². The minimum absolute atomic E-state index is 0.186. The van der Waals surface area contributed by atoms with E-state index in [1.165, 1.54) is 7.11 Å². The fourth-order valence-electron chi connectivity index (χ4n) is 1.08.